The molecule has 1 aromatic rings. The Kier molecular flexibility index (Phi) is 3.28. The van der Waals surface area contributed by atoms with Crippen LogP contribution in [0, 0.1) is 5.92 Å². The quantitative estimate of drug-likeness (QED) is 0.768. The second-order valence-corrected chi connectivity index (χ2v) is 4.52. The maximum atomic E-state index is 12.1. The summed E-state index contributed by atoms with van der Waals surface area (Å²) in [4.78, 5) is 24.6. The van der Waals surface area contributed by atoms with Crippen LogP contribution in [-0.4, -0.2) is 29.9 Å². The molecule has 17 heavy (non-hydrogen) atoms. The highest BCUT2D eigenvalue weighted by Gasteiger charge is 2.27. The Morgan fingerprint density at radius 2 is 2.29 bits per heavy atom. The smallest absolute Gasteiger partial charge is 0.335 e. The largest absolute Gasteiger partial charge is 0.430 e. The number of nitrogens with zero attached hydrogens (tertiary/aromatic N) is 1. The molecule has 0 aromatic carbocycles. The topological polar surface area (TPSA) is 76.5 Å². The summed E-state index contributed by atoms with van der Waals surface area (Å²) in [7, 11) is 0. The first-order valence-electron chi connectivity index (χ1n) is 5.71. The zero-order valence-corrected chi connectivity index (χ0v) is 9.76. The van der Waals surface area contributed by atoms with Gasteiger partial charge in [-0.2, -0.15) is 0 Å². The van der Waals surface area contributed by atoms with Crippen molar-refractivity contribution in [2.45, 2.75) is 19.4 Å². The minimum atomic E-state index is -0.449. The van der Waals surface area contributed by atoms with Gasteiger partial charge in [0.15, 0.2) is 0 Å². The molecule has 0 bridgehead atoms. The summed E-state index contributed by atoms with van der Waals surface area (Å²) in [6, 6.07) is 2.91. The summed E-state index contributed by atoms with van der Waals surface area (Å²) in [6.07, 6.45) is 2.02. The van der Waals surface area contributed by atoms with Crippen molar-refractivity contribution < 1.29 is 9.21 Å². The van der Waals surface area contributed by atoms with E-state index >= 15 is 0 Å². The molecule has 0 spiro atoms. The van der Waals surface area contributed by atoms with Gasteiger partial charge >= 0.3 is 5.63 Å². The molecule has 2 unspecified atom stereocenters. The van der Waals surface area contributed by atoms with E-state index in [1.165, 1.54) is 18.4 Å². The van der Waals surface area contributed by atoms with Crippen LogP contribution in [0.15, 0.2) is 27.6 Å². The first-order chi connectivity index (χ1) is 8.08. The van der Waals surface area contributed by atoms with Crippen molar-refractivity contribution in [2.24, 2.45) is 11.7 Å². The van der Waals surface area contributed by atoms with Crippen molar-refractivity contribution in [2.75, 3.05) is 13.1 Å². The number of likely N-dealkylation sites (tertiary alicyclic amines) is 1. The molecule has 1 fully saturated rings. The van der Waals surface area contributed by atoms with Crippen molar-refractivity contribution in [3.05, 3.63) is 34.4 Å². The van der Waals surface area contributed by atoms with Gasteiger partial charge in [-0.05, 0) is 18.4 Å². The predicted molar refractivity (Wildman–Crippen MR) is 62.6 cm³/mol. The third kappa shape index (κ3) is 2.55. The number of carbonyl (C=O) groups is 1. The molecule has 0 aliphatic carbocycles. The molecule has 5 heteroatoms. The van der Waals surface area contributed by atoms with E-state index in [-0.39, 0.29) is 11.9 Å². The van der Waals surface area contributed by atoms with E-state index in [0.717, 1.165) is 6.42 Å². The lowest BCUT2D eigenvalue weighted by Crippen LogP contribution is -2.48. The Morgan fingerprint density at radius 1 is 1.53 bits per heavy atom. The van der Waals surface area contributed by atoms with Crippen molar-refractivity contribution in [3.8, 4) is 0 Å². The molecule has 92 valence electrons. The van der Waals surface area contributed by atoms with E-state index in [1.54, 1.807) is 4.90 Å². The van der Waals surface area contributed by atoms with Gasteiger partial charge in [0.05, 0.1) is 5.56 Å². The van der Waals surface area contributed by atoms with E-state index in [1.807, 2.05) is 6.92 Å². The van der Waals surface area contributed by atoms with Gasteiger partial charge < -0.3 is 15.1 Å². The van der Waals surface area contributed by atoms with Crippen LogP contribution in [-0.2, 0) is 0 Å². The lowest BCUT2D eigenvalue weighted by atomic mass is 9.94. The van der Waals surface area contributed by atoms with Gasteiger partial charge in [0.1, 0.15) is 6.26 Å². The zero-order valence-electron chi connectivity index (χ0n) is 9.76. The highest BCUT2D eigenvalue weighted by molar-refractivity contribution is 5.93. The van der Waals surface area contributed by atoms with Gasteiger partial charge in [-0.3, -0.25) is 4.79 Å². The van der Waals surface area contributed by atoms with E-state index < -0.39 is 5.63 Å². The molecule has 1 aliphatic rings. The average Bonchev–Trinajstić information content (AvgIpc) is 2.33. The fourth-order valence-corrected chi connectivity index (χ4v) is 2.01. The molecular weight excluding hydrogens is 220 g/mol. The fraction of sp³-hybridized carbons (Fsp3) is 0.500. The number of piperidine rings is 1. The molecule has 1 aliphatic heterocycles. The van der Waals surface area contributed by atoms with Crippen LogP contribution in [0.2, 0.25) is 0 Å². The molecule has 2 N–H and O–H groups in total. The Morgan fingerprint density at radius 3 is 2.88 bits per heavy atom. The molecule has 1 aromatic heterocycles. The minimum absolute atomic E-state index is 0.104. The fourth-order valence-electron chi connectivity index (χ4n) is 2.01. The summed E-state index contributed by atoms with van der Waals surface area (Å²) >= 11 is 0. The lowest BCUT2D eigenvalue weighted by molar-refractivity contribution is 0.0661. The van der Waals surface area contributed by atoms with Gasteiger partial charge in [0.25, 0.3) is 5.91 Å². The molecule has 1 saturated heterocycles. The highest BCUT2D eigenvalue weighted by Crippen LogP contribution is 2.16. The number of carbonyl (C=O) groups excluding carboxylic acids is 1. The van der Waals surface area contributed by atoms with Crippen LogP contribution < -0.4 is 11.4 Å². The van der Waals surface area contributed by atoms with Crippen molar-refractivity contribution in [1.82, 2.24) is 4.90 Å². The average molecular weight is 236 g/mol. The summed E-state index contributed by atoms with van der Waals surface area (Å²) in [5.41, 5.74) is 5.86. The molecular formula is C12H16N2O3. The third-order valence-electron chi connectivity index (χ3n) is 3.21. The molecule has 2 rings (SSSR count). The van der Waals surface area contributed by atoms with E-state index in [4.69, 9.17) is 10.2 Å². The van der Waals surface area contributed by atoms with Crippen LogP contribution >= 0.6 is 0 Å². The van der Waals surface area contributed by atoms with Crippen LogP contribution in [0.4, 0.5) is 0 Å². The minimum Gasteiger partial charge on any atom is -0.430 e. The molecule has 0 radical (unpaired) electrons. The SMILES string of the molecule is CC1CN(C(=O)c2ccc(=O)oc2)CCC1N. The highest BCUT2D eigenvalue weighted by atomic mass is 16.4. The summed E-state index contributed by atoms with van der Waals surface area (Å²) in [5, 5.41) is 0. The van der Waals surface area contributed by atoms with Crippen molar-refractivity contribution in [1.29, 1.82) is 0 Å². The Balaban J connectivity index is 2.10. The maximum absolute atomic E-state index is 12.1. The number of amides is 1. The molecule has 2 atom stereocenters. The summed E-state index contributed by atoms with van der Waals surface area (Å²) in [5.74, 6) is 0.191. The first-order valence-corrected chi connectivity index (χ1v) is 5.71. The Bertz CT molecular complexity index is 449. The predicted octanol–water partition coefficient (Wildman–Crippen LogP) is 0.449. The van der Waals surface area contributed by atoms with Gasteiger partial charge in [-0.15, -0.1) is 0 Å². The number of hydrogen-bond acceptors (Lipinski definition) is 4. The van der Waals surface area contributed by atoms with Crippen molar-refractivity contribution in [3.63, 3.8) is 0 Å². The molecule has 2 heterocycles. The van der Waals surface area contributed by atoms with Gasteiger partial charge in [0, 0.05) is 25.2 Å². The number of rotatable bonds is 1. The van der Waals surface area contributed by atoms with Crippen molar-refractivity contribution >= 4 is 5.91 Å². The van der Waals surface area contributed by atoms with Gasteiger partial charge in [0.2, 0.25) is 0 Å². The number of hydrogen-bond donors (Lipinski definition) is 1. The Labute approximate surface area is 99.2 Å². The second kappa shape index (κ2) is 4.71. The van der Waals surface area contributed by atoms with E-state index in [0.29, 0.717) is 24.6 Å². The summed E-state index contributed by atoms with van der Waals surface area (Å²) < 4.78 is 4.69. The lowest BCUT2D eigenvalue weighted by Gasteiger charge is -2.35. The monoisotopic (exact) mass is 236 g/mol. The van der Waals surface area contributed by atoms with Gasteiger partial charge in [-0.25, -0.2) is 4.79 Å². The van der Waals surface area contributed by atoms with Crippen LogP contribution in [0.1, 0.15) is 23.7 Å². The van der Waals surface area contributed by atoms with Crippen LogP contribution in [0.5, 0.6) is 0 Å². The Hall–Kier alpha value is -1.62. The summed E-state index contributed by atoms with van der Waals surface area (Å²) in [6.45, 7) is 3.35. The normalized spacial score (nSPS) is 24.7. The van der Waals surface area contributed by atoms with E-state index in [2.05, 4.69) is 0 Å². The van der Waals surface area contributed by atoms with E-state index in [9.17, 15) is 9.59 Å². The molecule has 1 amide bonds. The third-order valence-corrected chi connectivity index (χ3v) is 3.21. The van der Waals surface area contributed by atoms with Crippen LogP contribution in [0.3, 0.4) is 0 Å². The first kappa shape index (κ1) is 11.9. The maximum Gasteiger partial charge on any atom is 0.335 e. The molecule has 5 nitrogen and oxygen atoms in total. The van der Waals surface area contributed by atoms with Crippen LogP contribution in [0.25, 0.3) is 0 Å². The molecule has 0 saturated carbocycles. The zero-order chi connectivity index (χ0) is 12.4. The second-order valence-electron chi connectivity index (χ2n) is 4.52. The number of nitrogens with two attached hydrogens (primary N) is 1. The van der Waals surface area contributed by atoms with Gasteiger partial charge in [-0.1, -0.05) is 6.92 Å². The standard InChI is InChI=1S/C12H16N2O3/c1-8-6-14(5-4-10(8)13)12(16)9-2-3-11(15)17-7-9/h2-3,7-8,10H,4-6,13H2,1H3.